The third-order valence-corrected chi connectivity index (χ3v) is 4.02. The van der Waals surface area contributed by atoms with Crippen molar-refractivity contribution < 1.29 is 14.3 Å². The highest BCUT2D eigenvalue weighted by molar-refractivity contribution is 5.98. The van der Waals surface area contributed by atoms with Crippen molar-refractivity contribution in [2.75, 3.05) is 14.2 Å². The van der Waals surface area contributed by atoms with E-state index in [1.807, 2.05) is 55.5 Å². The molecule has 1 unspecified atom stereocenters. The van der Waals surface area contributed by atoms with Gasteiger partial charge in [-0.3, -0.25) is 4.79 Å². The van der Waals surface area contributed by atoms with Crippen LogP contribution in [0.5, 0.6) is 11.5 Å². The molecule has 2 aromatic carbocycles. The van der Waals surface area contributed by atoms with Gasteiger partial charge < -0.3 is 19.8 Å². The van der Waals surface area contributed by atoms with E-state index in [2.05, 4.69) is 10.3 Å². The van der Waals surface area contributed by atoms with Gasteiger partial charge in [-0.05, 0) is 24.6 Å². The number of carbonyl (C=O) groups is 1. The molecule has 1 amide bonds. The number of fused-ring (bicyclic) bond motifs is 1. The largest absolute Gasteiger partial charge is 0.493 e. The first-order valence-electron chi connectivity index (χ1n) is 7.73. The number of aromatic nitrogens is 1. The van der Waals surface area contributed by atoms with Gasteiger partial charge in [0.05, 0.1) is 20.3 Å². The fraction of sp³-hybridized carbons (Fsp3) is 0.211. The molecule has 0 radical (unpaired) electrons. The molecule has 24 heavy (non-hydrogen) atoms. The average molecular weight is 324 g/mol. The molecule has 2 N–H and O–H groups in total. The highest BCUT2D eigenvalue weighted by atomic mass is 16.5. The van der Waals surface area contributed by atoms with Gasteiger partial charge in [0.2, 0.25) is 0 Å². The van der Waals surface area contributed by atoms with Gasteiger partial charge in [-0.2, -0.15) is 0 Å². The van der Waals surface area contributed by atoms with Gasteiger partial charge >= 0.3 is 0 Å². The summed E-state index contributed by atoms with van der Waals surface area (Å²) in [5.41, 5.74) is 2.39. The Morgan fingerprint density at radius 1 is 1.04 bits per heavy atom. The molecule has 0 saturated heterocycles. The predicted molar refractivity (Wildman–Crippen MR) is 93.7 cm³/mol. The Balaban J connectivity index is 1.85. The lowest BCUT2D eigenvalue weighted by Gasteiger charge is -2.13. The second kappa shape index (κ2) is 6.66. The minimum atomic E-state index is -0.152. The lowest BCUT2D eigenvalue weighted by atomic mass is 10.1. The van der Waals surface area contributed by atoms with E-state index in [0.717, 1.165) is 16.5 Å². The molecule has 5 nitrogen and oxygen atoms in total. The zero-order valence-electron chi connectivity index (χ0n) is 13.9. The first kappa shape index (κ1) is 15.9. The van der Waals surface area contributed by atoms with E-state index in [1.165, 1.54) is 0 Å². The Hall–Kier alpha value is -2.95. The van der Waals surface area contributed by atoms with E-state index in [9.17, 15) is 4.79 Å². The highest BCUT2D eigenvalue weighted by Gasteiger charge is 2.15. The molecule has 3 rings (SSSR count). The van der Waals surface area contributed by atoms with Crippen LogP contribution in [0.3, 0.4) is 0 Å². The summed E-state index contributed by atoms with van der Waals surface area (Å²) in [5, 5.41) is 3.89. The summed E-state index contributed by atoms with van der Waals surface area (Å²) in [6.45, 7) is 1.96. The molecule has 0 spiro atoms. The van der Waals surface area contributed by atoms with Crippen LogP contribution in [0.15, 0.2) is 48.5 Å². The molecule has 1 atom stereocenters. The molecule has 3 aromatic rings. The van der Waals surface area contributed by atoms with Crippen molar-refractivity contribution in [3.05, 3.63) is 59.8 Å². The van der Waals surface area contributed by atoms with E-state index in [0.29, 0.717) is 17.2 Å². The van der Waals surface area contributed by atoms with E-state index >= 15 is 0 Å². The lowest BCUT2D eigenvalue weighted by Crippen LogP contribution is -2.26. The van der Waals surface area contributed by atoms with Crippen LogP contribution < -0.4 is 14.8 Å². The second-order valence-electron chi connectivity index (χ2n) is 5.58. The molecule has 5 heteroatoms. The summed E-state index contributed by atoms with van der Waals surface area (Å²) >= 11 is 0. The maximum Gasteiger partial charge on any atom is 0.268 e. The van der Waals surface area contributed by atoms with Gasteiger partial charge in [0.15, 0.2) is 11.5 Å². The third-order valence-electron chi connectivity index (χ3n) is 4.02. The number of hydrogen-bond donors (Lipinski definition) is 2. The summed E-state index contributed by atoms with van der Waals surface area (Å²) < 4.78 is 10.6. The van der Waals surface area contributed by atoms with Gasteiger partial charge in [-0.15, -0.1) is 0 Å². The number of aromatic amines is 1. The predicted octanol–water partition coefficient (Wildman–Crippen LogP) is 3.68. The van der Waals surface area contributed by atoms with Crippen LogP contribution >= 0.6 is 0 Å². The first-order chi connectivity index (χ1) is 11.6. The number of amides is 1. The number of ether oxygens (including phenoxy) is 2. The quantitative estimate of drug-likeness (QED) is 0.752. The Bertz CT molecular complexity index is 815. The van der Waals surface area contributed by atoms with Crippen LogP contribution in [-0.4, -0.2) is 25.1 Å². The number of rotatable bonds is 5. The maximum absolute atomic E-state index is 12.5. The molecule has 0 bridgehead atoms. The number of benzene rings is 2. The number of hydrogen-bond acceptors (Lipinski definition) is 3. The standard InChI is InChI=1S/C19H20N2O3/c1-12(13-7-5-4-6-8-13)20-19(22)16-9-14-10-17(23-2)18(24-3)11-15(14)21-16/h4-12,21H,1-3H3,(H,20,22). The molecule has 124 valence electrons. The number of nitrogens with one attached hydrogen (secondary N) is 2. The topological polar surface area (TPSA) is 63.3 Å². The molecule has 0 aliphatic carbocycles. The van der Waals surface area contributed by atoms with E-state index in [4.69, 9.17) is 9.47 Å². The van der Waals surface area contributed by atoms with Crippen LogP contribution in [0.25, 0.3) is 10.9 Å². The fourth-order valence-corrected chi connectivity index (χ4v) is 2.68. The Kier molecular flexibility index (Phi) is 4.42. The van der Waals surface area contributed by atoms with Gasteiger partial charge in [-0.25, -0.2) is 0 Å². The van der Waals surface area contributed by atoms with Crippen molar-refractivity contribution in [1.29, 1.82) is 0 Å². The number of methoxy groups -OCH3 is 2. The van der Waals surface area contributed by atoms with Crippen molar-refractivity contribution in [2.45, 2.75) is 13.0 Å². The van der Waals surface area contributed by atoms with E-state index in [-0.39, 0.29) is 11.9 Å². The second-order valence-corrected chi connectivity index (χ2v) is 5.58. The van der Waals surface area contributed by atoms with Crippen LogP contribution in [0, 0.1) is 0 Å². The first-order valence-corrected chi connectivity index (χ1v) is 7.73. The van der Waals surface area contributed by atoms with Crippen molar-refractivity contribution in [2.24, 2.45) is 0 Å². The highest BCUT2D eigenvalue weighted by Crippen LogP contribution is 2.32. The zero-order valence-corrected chi connectivity index (χ0v) is 13.9. The summed E-state index contributed by atoms with van der Waals surface area (Å²) in [5.74, 6) is 1.10. The summed E-state index contributed by atoms with van der Waals surface area (Å²) in [6.07, 6.45) is 0. The molecule has 0 aliphatic heterocycles. The average Bonchev–Trinajstić information content (AvgIpc) is 3.04. The van der Waals surface area contributed by atoms with Gasteiger partial charge in [0.1, 0.15) is 5.69 Å². The minimum absolute atomic E-state index is 0.0748. The SMILES string of the molecule is COc1cc2cc(C(=O)NC(C)c3ccccc3)[nH]c2cc1OC. The Morgan fingerprint density at radius 3 is 2.38 bits per heavy atom. The normalized spacial score (nSPS) is 12.0. The van der Waals surface area contributed by atoms with Crippen molar-refractivity contribution >= 4 is 16.8 Å². The summed E-state index contributed by atoms with van der Waals surface area (Å²) in [6, 6.07) is 15.3. The number of H-pyrrole nitrogens is 1. The van der Waals surface area contributed by atoms with Crippen molar-refractivity contribution in [3.63, 3.8) is 0 Å². The fourth-order valence-electron chi connectivity index (χ4n) is 2.68. The van der Waals surface area contributed by atoms with Gasteiger partial charge in [0, 0.05) is 17.0 Å². The molecule has 0 aliphatic rings. The Labute approximate surface area is 140 Å². The lowest BCUT2D eigenvalue weighted by molar-refractivity contribution is 0.0935. The van der Waals surface area contributed by atoms with Crippen molar-refractivity contribution in [1.82, 2.24) is 10.3 Å². The number of carbonyl (C=O) groups excluding carboxylic acids is 1. The van der Waals surface area contributed by atoms with Crippen LogP contribution in [0.1, 0.15) is 29.0 Å². The summed E-state index contributed by atoms with van der Waals surface area (Å²) in [4.78, 5) is 15.6. The van der Waals surface area contributed by atoms with E-state index in [1.54, 1.807) is 14.2 Å². The van der Waals surface area contributed by atoms with Crippen LogP contribution in [0.4, 0.5) is 0 Å². The Morgan fingerprint density at radius 2 is 1.71 bits per heavy atom. The molecule has 1 aromatic heterocycles. The van der Waals surface area contributed by atoms with Crippen LogP contribution in [-0.2, 0) is 0 Å². The molecule has 0 saturated carbocycles. The molecule has 1 heterocycles. The monoisotopic (exact) mass is 324 g/mol. The van der Waals surface area contributed by atoms with Crippen molar-refractivity contribution in [3.8, 4) is 11.5 Å². The summed E-state index contributed by atoms with van der Waals surface area (Å²) in [7, 11) is 3.17. The third kappa shape index (κ3) is 3.06. The molecular formula is C19H20N2O3. The molecular weight excluding hydrogens is 304 g/mol. The smallest absolute Gasteiger partial charge is 0.268 e. The molecule has 0 fully saturated rings. The van der Waals surface area contributed by atoms with E-state index < -0.39 is 0 Å². The maximum atomic E-state index is 12.5. The van der Waals surface area contributed by atoms with Crippen LogP contribution in [0.2, 0.25) is 0 Å². The van der Waals surface area contributed by atoms with Gasteiger partial charge in [-0.1, -0.05) is 30.3 Å². The van der Waals surface area contributed by atoms with Gasteiger partial charge in [0.25, 0.3) is 5.91 Å². The zero-order chi connectivity index (χ0) is 17.1. The minimum Gasteiger partial charge on any atom is -0.493 e.